The van der Waals surface area contributed by atoms with Crippen molar-refractivity contribution in [1.82, 2.24) is 25.1 Å². The van der Waals surface area contributed by atoms with Gasteiger partial charge in [0.1, 0.15) is 18.1 Å². The third-order valence-electron chi connectivity index (χ3n) is 5.49. The summed E-state index contributed by atoms with van der Waals surface area (Å²) < 4.78 is 12.6. The van der Waals surface area contributed by atoms with Gasteiger partial charge in [0.15, 0.2) is 5.82 Å². The van der Waals surface area contributed by atoms with Gasteiger partial charge in [0.25, 0.3) is 0 Å². The summed E-state index contributed by atoms with van der Waals surface area (Å²) in [6, 6.07) is 12.3. The Balaban J connectivity index is 1.46. The minimum absolute atomic E-state index is 0.165. The second-order valence-electron chi connectivity index (χ2n) is 7.68. The molecule has 1 atom stereocenters. The minimum atomic E-state index is 0.165. The standard InChI is InChI=1S/C21H28N6O2/c1-16(2)20(21-22-23-24-27(21)15-19-5-4-14-29-19)26-12-10-25(11-13-26)17-6-8-18(28-3)9-7-17/h4-9,14,16,20H,10-13,15H2,1-3H3/t20-/m1/s1. The van der Waals surface area contributed by atoms with Crippen LogP contribution in [0.2, 0.25) is 0 Å². The zero-order valence-corrected chi connectivity index (χ0v) is 17.2. The van der Waals surface area contributed by atoms with E-state index in [2.05, 4.69) is 51.3 Å². The molecule has 0 spiro atoms. The first kappa shape index (κ1) is 19.4. The molecular formula is C21H28N6O2. The summed E-state index contributed by atoms with van der Waals surface area (Å²) in [5.41, 5.74) is 1.23. The van der Waals surface area contributed by atoms with E-state index in [4.69, 9.17) is 9.15 Å². The fourth-order valence-electron chi connectivity index (χ4n) is 4.02. The summed E-state index contributed by atoms with van der Waals surface area (Å²) in [6.45, 7) is 8.86. The Hall–Kier alpha value is -2.87. The van der Waals surface area contributed by atoms with Crippen LogP contribution in [0.1, 0.15) is 31.5 Å². The van der Waals surface area contributed by atoms with Crippen molar-refractivity contribution in [2.24, 2.45) is 5.92 Å². The first-order chi connectivity index (χ1) is 14.2. The third-order valence-corrected chi connectivity index (χ3v) is 5.49. The number of methoxy groups -OCH3 is 1. The fraction of sp³-hybridized carbons (Fsp3) is 0.476. The van der Waals surface area contributed by atoms with Crippen LogP contribution in [0.3, 0.4) is 0 Å². The van der Waals surface area contributed by atoms with Crippen LogP contribution in [0.25, 0.3) is 0 Å². The van der Waals surface area contributed by atoms with Gasteiger partial charge in [-0.1, -0.05) is 13.8 Å². The molecule has 0 radical (unpaired) electrons. The Morgan fingerprint density at radius 3 is 2.45 bits per heavy atom. The third kappa shape index (κ3) is 4.27. The van der Waals surface area contributed by atoms with Crippen LogP contribution >= 0.6 is 0 Å². The number of hydrogen-bond donors (Lipinski definition) is 0. The average molecular weight is 396 g/mol. The molecule has 29 heavy (non-hydrogen) atoms. The van der Waals surface area contributed by atoms with Crippen LogP contribution in [-0.2, 0) is 6.54 Å². The SMILES string of the molecule is COc1ccc(N2CCN([C@@H](c3nnnn3Cc3ccco3)C(C)C)CC2)cc1. The van der Waals surface area contributed by atoms with Gasteiger partial charge in [0, 0.05) is 31.9 Å². The maximum atomic E-state index is 5.48. The molecule has 1 fully saturated rings. The zero-order chi connectivity index (χ0) is 20.2. The fourth-order valence-corrected chi connectivity index (χ4v) is 4.02. The summed E-state index contributed by atoms with van der Waals surface area (Å²) in [4.78, 5) is 4.91. The highest BCUT2D eigenvalue weighted by molar-refractivity contribution is 5.49. The summed E-state index contributed by atoms with van der Waals surface area (Å²) in [6.07, 6.45) is 1.68. The maximum Gasteiger partial charge on any atom is 0.169 e. The van der Waals surface area contributed by atoms with E-state index in [9.17, 15) is 0 Å². The maximum absolute atomic E-state index is 5.48. The van der Waals surface area contributed by atoms with Crippen LogP contribution < -0.4 is 9.64 Å². The summed E-state index contributed by atoms with van der Waals surface area (Å²) in [5.74, 6) is 3.03. The van der Waals surface area contributed by atoms with Crippen molar-refractivity contribution in [3.05, 3.63) is 54.2 Å². The van der Waals surface area contributed by atoms with E-state index in [-0.39, 0.29) is 6.04 Å². The Bertz CT molecular complexity index is 882. The van der Waals surface area contributed by atoms with Crippen molar-refractivity contribution in [2.45, 2.75) is 26.4 Å². The van der Waals surface area contributed by atoms with Crippen molar-refractivity contribution in [3.8, 4) is 5.75 Å². The molecule has 4 rings (SSSR count). The topological polar surface area (TPSA) is 72.5 Å². The number of hydrogen-bond acceptors (Lipinski definition) is 7. The molecule has 1 aromatic carbocycles. The van der Waals surface area contributed by atoms with Gasteiger partial charge in [0.05, 0.1) is 19.4 Å². The van der Waals surface area contributed by atoms with E-state index in [1.165, 1.54) is 5.69 Å². The first-order valence-electron chi connectivity index (χ1n) is 10.1. The van der Waals surface area contributed by atoms with Gasteiger partial charge in [-0.2, -0.15) is 0 Å². The predicted molar refractivity (Wildman–Crippen MR) is 110 cm³/mol. The molecule has 0 unspecified atom stereocenters. The monoisotopic (exact) mass is 396 g/mol. The Labute approximate surface area is 171 Å². The highest BCUT2D eigenvalue weighted by Gasteiger charge is 2.31. The van der Waals surface area contributed by atoms with Crippen LogP contribution in [0.4, 0.5) is 5.69 Å². The lowest BCUT2D eigenvalue weighted by Crippen LogP contribution is -2.49. The van der Waals surface area contributed by atoms with E-state index in [1.807, 2.05) is 28.9 Å². The molecule has 1 aliphatic heterocycles. The van der Waals surface area contributed by atoms with Gasteiger partial charge in [0.2, 0.25) is 0 Å². The van der Waals surface area contributed by atoms with Gasteiger partial charge in [-0.3, -0.25) is 4.90 Å². The number of nitrogens with zero attached hydrogens (tertiary/aromatic N) is 6. The van der Waals surface area contributed by atoms with Crippen LogP contribution in [-0.4, -0.2) is 58.4 Å². The summed E-state index contributed by atoms with van der Waals surface area (Å²) in [7, 11) is 1.69. The van der Waals surface area contributed by atoms with Gasteiger partial charge in [-0.15, -0.1) is 5.10 Å². The zero-order valence-electron chi connectivity index (χ0n) is 17.2. The first-order valence-corrected chi connectivity index (χ1v) is 10.1. The molecule has 0 amide bonds. The largest absolute Gasteiger partial charge is 0.497 e. The van der Waals surface area contributed by atoms with E-state index in [1.54, 1.807) is 13.4 Å². The van der Waals surface area contributed by atoms with Gasteiger partial charge in [-0.25, -0.2) is 4.68 Å². The molecule has 8 heteroatoms. The molecular weight excluding hydrogens is 368 g/mol. The molecule has 0 aliphatic carbocycles. The number of anilines is 1. The predicted octanol–water partition coefficient (Wildman–Crippen LogP) is 2.84. The number of benzene rings is 1. The van der Waals surface area contributed by atoms with Gasteiger partial charge in [-0.05, 0) is 52.7 Å². The van der Waals surface area contributed by atoms with Crippen molar-refractivity contribution >= 4 is 5.69 Å². The van der Waals surface area contributed by atoms with E-state index in [0.717, 1.165) is 43.5 Å². The van der Waals surface area contributed by atoms with E-state index in [0.29, 0.717) is 12.5 Å². The molecule has 1 saturated heterocycles. The molecule has 0 N–H and O–H groups in total. The number of piperazine rings is 1. The van der Waals surface area contributed by atoms with Crippen molar-refractivity contribution in [1.29, 1.82) is 0 Å². The molecule has 0 saturated carbocycles. The highest BCUT2D eigenvalue weighted by atomic mass is 16.5. The van der Waals surface area contributed by atoms with Crippen molar-refractivity contribution < 1.29 is 9.15 Å². The number of furan rings is 1. The van der Waals surface area contributed by atoms with Crippen molar-refractivity contribution in [3.63, 3.8) is 0 Å². The Morgan fingerprint density at radius 2 is 1.83 bits per heavy atom. The lowest BCUT2D eigenvalue weighted by atomic mass is 10.0. The molecule has 3 heterocycles. The van der Waals surface area contributed by atoms with Crippen molar-refractivity contribution in [2.75, 3.05) is 38.2 Å². The average Bonchev–Trinajstić information content (AvgIpc) is 3.42. The minimum Gasteiger partial charge on any atom is -0.497 e. The quantitative estimate of drug-likeness (QED) is 0.608. The van der Waals surface area contributed by atoms with Gasteiger partial charge >= 0.3 is 0 Å². The highest BCUT2D eigenvalue weighted by Crippen LogP contribution is 2.29. The molecule has 8 nitrogen and oxygen atoms in total. The number of rotatable bonds is 7. The van der Waals surface area contributed by atoms with Crippen LogP contribution in [0, 0.1) is 5.92 Å². The number of ether oxygens (including phenoxy) is 1. The smallest absolute Gasteiger partial charge is 0.169 e. The van der Waals surface area contributed by atoms with Crippen LogP contribution in [0.15, 0.2) is 47.1 Å². The van der Waals surface area contributed by atoms with Crippen LogP contribution in [0.5, 0.6) is 5.75 Å². The van der Waals surface area contributed by atoms with E-state index < -0.39 is 0 Å². The molecule has 2 aromatic heterocycles. The molecule has 0 bridgehead atoms. The number of tetrazole rings is 1. The van der Waals surface area contributed by atoms with E-state index >= 15 is 0 Å². The summed E-state index contributed by atoms with van der Waals surface area (Å²) >= 11 is 0. The van der Waals surface area contributed by atoms with Gasteiger partial charge < -0.3 is 14.1 Å². The lowest BCUT2D eigenvalue weighted by Gasteiger charge is -2.41. The molecule has 1 aliphatic rings. The Morgan fingerprint density at radius 1 is 1.07 bits per heavy atom. The molecule has 3 aromatic rings. The molecule has 154 valence electrons. The lowest BCUT2D eigenvalue weighted by molar-refractivity contribution is 0.135. The second kappa shape index (κ2) is 8.65. The summed E-state index contributed by atoms with van der Waals surface area (Å²) in [5, 5.41) is 12.5. The Kier molecular flexibility index (Phi) is 5.80. The number of aromatic nitrogens is 4. The second-order valence-corrected chi connectivity index (χ2v) is 7.68. The normalized spacial score (nSPS) is 16.3.